The van der Waals surface area contributed by atoms with Gasteiger partial charge in [0, 0.05) is 11.5 Å². The van der Waals surface area contributed by atoms with Crippen molar-refractivity contribution < 1.29 is 4.79 Å². The van der Waals surface area contributed by atoms with Crippen LogP contribution >= 0.6 is 11.5 Å². The number of carbonyl (C=O) groups is 1. The van der Waals surface area contributed by atoms with Crippen molar-refractivity contribution in [2.24, 2.45) is 0 Å². The molecule has 0 radical (unpaired) electrons. The number of hydrogen-bond acceptors (Lipinski definition) is 4. The van der Waals surface area contributed by atoms with Crippen LogP contribution in [0.4, 0.5) is 5.00 Å². The lowest BCUT2D eigenvalue weighted by Crippen LogP contribution is -2.05. The van der Waals surface area contributed by atoms with Crippen LogP contribution in [0.2, 0.25) is 0 Å². The molecule has 1 aromatic heterocycles. The van der Waals surface area contributed by atoms with Crippen molar-refractivity contribution in [3.8, 4) is 0 Å². The minimum absolute atomic E-state index is 0.244. The Kier molecular flexibility index (Phi) is 2.11. The van der Waals surface area contributed by atoms with E-state index in [-0.39, 0.29) is 5.91 Å². The summed E-state index contributed by atoms with van der Waals surface area (Å²) in [6, 6.07) is 0. The van der Waals surface area contributed by atoms with Crippen LogP contribution in [0.15, 0.2) is 18.9 Å². The van der Waals surface area contributed by atoms with Crippen LogP contribution in [0.5, 0.6) is 0 Å². The first kappa shape index (κ1) is 6.88. The molecule has 0 spiro atoms. The van der Waals surface area contributed by atoms with E-state index in [0.717, 1.165) is 11.5 Å². The van der Waals surface area contributed by atoms with Gasteiger partial charge in [-0.25, -0.2) is 0 Å². The van der Waals surface area contributed by atoms with Gasteiger partial charge in [0.15, 0.2) is 0 Å². The van der Waals surface area contributed by atoms with Gasteiger partial charge in [0.25, 0.3) is 0 Å². The van der Waals surface area contributed by atoms with E-state index in [0.29, 0.717) is 5.00 Å². The second-order valence-electron chi connectivity index (χ2n) is 1.48. The Morgan fingerprint density at radius 1 is 1.90 bits per heavy atom. The highest BCUT2D eigenvalue weighted by atomic mass is 32.1. The van der Waals surface area contributed by atoms with E-state index >= 15 is 0 Å². The normalized spacial score (nSPS) is 8.80. The van der Waals surface area contributed by atoms with E-state index in [1.807, 2.05) is 0 Å². The molecule has 1 N–H and O–H groups in total. The van der Waals surface area contributed by atoms with Crippen molar-refractivity contribution in [3.05, 3.63) is 18.9 Å². The molecule has 0 unspecified atom stereocenters. The number of hydrogen-bond donors (Lipinski definition) is 1. The van der Waals surface area contributed by atoms with Gasteiger partial charge in [-0.3, -0.25) is 4.79 Å². The molecule has 0 saturated heterocycles. The quantitative estimate of drug-likeness (QED) is 0.638. The van der Waals surface area contributed by atoms with Gasteiger partial charge in [-0.05, 0) is 6.08 Å². The number of aromatic nitrogens is 2. The van der Waals surface area contributed by atoms with Crippen LogP contribution < -0.4 is 5.32 Å². The van der Waals surface area contributed by atoms with Gasteiger partial charge < -0.3 is 5.32 Å². The van der Waals surface area contributed by atoms with Crippen molar-refractivity contribution >= 4 is 22.4 Å². The highest BCUT2D eigenvalue weighted by Gasteiger charge is 1.96. The van der Waals surface area contributed by atoms with E-state index in [9.17, 15) is 4.79 Å². The zero-order valence-electron chi connectivity index (χ0n) is 5.07. The molecule has 4 nitrogen and oxygen atoms in total. The number of rotatable bonds is 2. The summed E-state index contributed by atoms with van der Waals surface area (Å²) in [6.45, 7) is 3.29. The first-order chi connectivity index (χ1) is 4.83. The molecule has 10 heavy (non-hydrogen) atoms. The van der Waals surface area contributed by atoms with Crippen LogP contribution in [0, 0.1) is 0 Å². The maximum absolute atomic E-state index is 10.6. The van der Waals surface area contributed by atoms with Gasteiger partial charge in [0.05, 0.1) is 6.20 Å². The summed E-state index contributed by atoms with van der Waals surface area (Å²) >= 11 is 1.13. The number of anilines is 1. The Balaban J connectivity index is 2.56. The average molecular weight is 155 g/mol. The Bertz CT molecular complexity index is 231. The Labute approximate surface area is 61.7 Å². The largest absolute Gasteiger partial charge is 0.311 e. The number of nitrogens with one attached hydrogen (secondary N) is 1. The topological polar surface area (TPSA) is 54.9 Å². The van der Waals surface area contributed by atoms with Gasteiger partial charge in [-0.15, -0.1) is 5.10 Å². The van der Waals surface area contributed by atoms with Crippen molar-refractivity contribution in [3.63, 3.8) is 0 Å². The number of amides is 1. The number of nitrogens with zero attached hydrogens (tertiary/aromatic N) is 2. The molecule has 1 aromatic rings. The Morgan fingerprint density at radius 2 is 2.70 bits per heavy atom. The zero-order valence-corrected chi connectivity index (χ0v) is 5.89. The van der Waals surface area contributed by atoms with Gasteiger partial charge in [0.1, 0.15) is 5.00 Å². The molecule has 0 fully saturated rings. The molecule has 5 heteroatoms. The molecule has 1 heterocycles. The lowest BCUT2D eigenvalue weighted by atomic mass is 10.6. The van der Waals surface area contributed by atoms with Crippen molar-refractivity contribution in [1.82, 2.24) is 9.59 Å². The summed E-state index contributed by atoms with van der Waals surface area (Å²) in [5, 5.41) is 6.67. The molecule has 0 aliphatic heterocycles. The van der Waals surface area contributed by atoms with Gasteiger partial charge in [0.2, 0.25) is 5.91 Å². The van der Waals surface area contributed by atoms with E-state index < -0.39 is 0 Å². The zero-order chi connectivity index (χ0) is 7.40. The fraction of sp³-hybridized carbons (Fsp3) is 0. The monoisotopic (exact) mass is 155 g/mol. The number of carbonyl (C=O) groups excluding carboxylic acids is 1. The van der Waals surface area contributed by atoms with Crippen LogP contribution in [0.1, 0.15) is 0 Å². The van der Waals surface area contributed by atoms with E-state index in [2.05, 4.69) is 21.5 Å². The minimum Gasteiger partial charge on any atom is -0.311 e. The van der Waals surface area contributed by atoms with Crippen molar-refractivity contribution in [2.45, 2.75) is 0 Å². The molecule has 52 valence electrons. The van der Waals surface area contributed by atoms with Crippen molar-refractivity contribution in [1.29, 1.82) is 0 Å². The van der Waals surface area contributed by atoms with Crippen LogP contribution in [-0.2, 0) is 4.79 Å². The summed E-state index contributed by atoms with van der Waals surface area (Å²) in [6.07, 6.45) is 2.67. The summed E-state index contributed by atoms with van der Waals surface area (Å²) in [5.74, 6) is -0.244. The van der Waals surface area contributed by atoms with E-state index in [1.54, 1.807) is 0 Å². The molecule has 1 amide bonds. The molecular weight excluding hydrogens is 150 g/mol. The predicted molar refractivity (Wildman–Crippen MR) is 38.7 cm³/mol. The van der Waals surface area contributed by atoms with Gasteiger partial charge in [-0.1, -0.05) is 11.1 Å². The molecule has 0 atom stereocenters. The summed E-state index contributed by atoms with van der Waals surface area (Å²) < 4.78 is 3.55. The summed E-state index contributed by atoms with van der Waals surface area (Å²) in [7, 11) is 0. The van der Waals surface area contributed by atoms with E-state index in [1.165, 1.54) is 12.3 Å². The fourth-order valence-electron chi connectivity index (χ4n) is 0.395. The molecular formula is C5H5N3OS. The molecule has 0 bridgehead atoms. The Morgan fingerprint density at radius 3 is 3.20 bits per heavy atom. The highest BCUT2D eigenvalue weighted by molar-refractivity contribution is 7.10. The standard InChI is InChI=1S/C5H5N3OS/c1-2-4(9)7-5-3-6-8-10-5/h2-3H,1H2,(H,7,9). The lowest BCUT2D eigenvalue weighted by Gasteiger charge is -1.91. The molecule has 1 rings (SSSR count). The third-order valence-electron chi connectivity index (χ3n) is 0.793. The molecule has 0 saturated carbocycles. The van der Waals surface area contributed by atoms with Crippen LogP contribution in [0.25, 0.3) is 0 Å². The second-order valence-corrected chi connectivity index (χ2v) is 2.26. The first-order valence-corrected chi connectivity index (χ1v) is 3.31. The Hall–Kier alpha value is -1.23. The van der Waals surface area contributed by atoms with Crippen LogP contribution in [-0.4, -0.2) is 15.5 Å². The molecule has 0 aromatic carbocycles. The molecule has 0 aliphatic carbocycles. The predicted octanol–water partition coefficient (Wildman–Crippen LogP) is 0.663. The van der Waals surface area contributed by atoms with Crippen LogP contribution in [0.3, 0.4) is 0 Å². The van der Waals surface area contributed by atoms with E-state index in [4.69, 9.17) is 0 Å². The second kappa shape index (κ2) is 3.07. The average Bonchev–Trinajstić information content (AvgIpc) is 2.40. The van der Waals surface area contributed by atoms with Crippen molar-refractivity contribution in [2.75, 3.05) is 5.32 Å². The first-order valence-electron chi connectivity index (χ1n) is 2.53. The minimum atomic E-state index is -0.244. The SMILES string of the molecule is C=CC(=O)Nc1cnns1. The van der Waals surface area contributed by atoms with Gasteiger partial charge >= 0.3 is 0 Å². The maximum atomic E-state index is 10.6. The third kappa shape index (κ3) is 1.63. The third-order valence-corrected chi connectivity index (χ3v) is 1.37. The summed E-state index contributed by atoms with van der Waals surface area (Å²) in [5.41, 5.74) is 0. The maximum Gasteiger partial charge on any atom is 0.248 e. The van der Waals surface area contributed by atoms with Gasteiger partial charge in [-0.2, -0.15) is 0 Å². The lowest BCUT2D eigenvalue weighted by molar-refractivity contribution is -0.111. The highest BCUT2D eigenvalue weighted by Crippen LogP contribution is 2.08. The smallest absolute Gasteiger partial charge is 0.248 e. The molecule has 0 aliphatic rings. The fourth-order valence-corrected chi connectivity index (χ4v) is 0.817. The summed E-state index contributed by atoms with van der Waals surface area (Å²) in [4.78, 5) is 10.6.